The molecule has 8 nitrogen and oxygen atoms in total. The number of nitrogens with one attached hydrogen (secondary N) is 1. The normalized spacial score (nSPS) is 18.4. The van der Waals surface area contributed by atoms with E-state index < -0.39 is 52.0 Å². The van der Waals surface area contributed by atoms with Crippen molar-refractivity contribution >= 4 is 45.1 Å². The van der Waals surface area contributed by atoms with Crippen molar-refractivity contribution in [1.29, 1.82) is 0 Å². The first-order valence-corrected chi connectivity index (χ1v) is 14.8. The highest BCUT2D eigenvalue weighted by Crippen LogP contribution is 2.38. The summed E-state index contributed by atoms with van der Waals surface area (Å²) in [7, 11) is -4.22. The average molecular weight is 645 g/mol. The third-order valence-electron chi connectivity index (χ3n) is 6.91. The quantitative estimate of drug-likeness (QED) is 0.277. The second-order valence-electron chi connectivity index (χ2n) is 9.85. The Balaban J connectivity index is 1.61. The molecular weight excluding hydrogens is 620 g/mol. The van der Waals surface area contributed by atoms with Crippen molar-refractivity contribution in [2.45, 2.75) is 49.0 Å². The number of nitrogens with zero attached hydrogens (tertiary/aromatic N) is 1. The highest BCUT2D eigenvalue weighted by Gasteiger charge is 2.50. The van der Waals surface area contributed by atoms with Gasteiger partial charge in [0, 0.05) is 22.2 Å². The van der Waals surface area contributed by atoms with Crippen LogP contribution in [0.5, 0.6) is 5.75 Å². The lowest BCUT2D eigenvalue weighted by Crippen LogP contribution is -2.55. The van der Waals surface area contributed by atoms with E-state index in [0.29, 0.717) is 17.5 Å². The van der Waals surface area contributed by atoms with Crippen LogP contribution in [0, 0.1) is 0 Å². The van der Waals surface area contributed by atoms with E-state index in [9.17, 15) is 36.3 Å². The number of carboxylic acids is 1. The highest BCUT2D eigenvalue weighted by atomic mass is 35.5. The molecule has 2 atom stereocenters. The first-order chi connectivity index (χ1) is 19.6. The second-order valence-corrected chi connectivity index (χ2v) is 12.6. The van der Waals surface area contributed by atoms with Crippen LogP contribution in [-0.2, 0) is 19.6 Å². The Morgan fingerprint density at radius 2 is 1.69 bits per heavy atom. The van der Waals surface area contributed by atoms with Gasteiger partial charge in [-0.1, -0.05) is 65.7 Å². The summed E-state index contributed by atoms with van der Waals surface area (Å²) in [6, 6.07) is 14.2. The van der Waals surface area contributed by atoms with Gasteiger partial charge in [0.25, 0.3) is 0 Å². The number of carbonyl (C=O) groups is 2. The Morgan fingerprint density at radius 3 is 2.29 bits per heavy atom. The van der Waals surface area contributed by atoms with E-state index >= 15 is 0 Å². The fourth-order valence-corrected chi connectivity index (χ4v) is 7.45. The van der Waals surface area contributed by atoms with Gasteiger partial charge < -0.3 is 15.2 Å². The summed E-state index contributed by atoms with van der Waals surface area (Å²) in [4.78, 5) is 25.1. The first kappa shape index (κ1) is 31.6. The van der Waals surface area contributed by atoms with E-state index in [1.807, 2.05) is 0 Å². The summed E-state index contributed by atoms with van der Waals surface area (Å²) in [5.74, 6) is -2.36. The molecular formula is C28H25Cl2F3N2O6S. The Labute approximate surface area is 250 Å². The van der Waals surface area contributed by atoms with Crippen molar-refractivity contribution in [2.24, 2.45) is 0 Å². The van der Waals surface area contributed by atoms with Crippen molar-refractivity contribution in [3.8, 4) is 16.9 Å². The summed E-state index contributed by atoms with van der Waals surface area (Å²) >= 11 is 12.0. The molecule has 0 spiro atoms. The van der Waals surface area contributed by atoms with Crippen LogP contribution in [0.15, 0.2) is 71.6 Å². The zero-order valence-corrected chi connectivity index (χ0v) is 24.3. The van der Waals surface area contributed by atoms with E-state index in [1.165, 1.54) is 67.6 Å². The molecule has 1 heterocycles. The number of sulfonamides is 1. The molecule has 14 heteroatoms. The minimum absolute atomic E-state index is 0.0358. The number of rotatable bonds is 9. The van der Waals surface area contributed by atoms with Crippen molar-refractivity contribution in [3.05, 3.63) is 82.3 Å². The van der Waals surface area contributed by atoms with Gasteiger partial charge in [-0.2, -0.15) is 4.31 Å². The lowest BCUT2D eigenvalue weighted by molar-refractivity contribution is -0.274. The summed E-state index contributed by atoms with van der Waals surface area (Å²) in [5, 5.41) is 12.4. The molecule has 0 aliphatic carbocycles. The molecule has 0 radical (unpaired) electrons. The van der Waals surface area contributed by atoms with Gasteiger partial charge >= 0.3 is 12.3 Å². The minimum atomic E-state index is -4.90. The number of carbonyl (C=O) groups excluding carboxylic acids is 1. The Kier molecular flexibility index (Phi) is 9.12. The first-order valence-electron chi connectivity index (χ1n) is 12.6. The number of carboxylic acid groups (broad SMARTS) is 1. The van der Waals surface area contributed by atoms with E-state index in [4.69, 9.17) is 23.2 Å². The Morgan fingerprint density at radius 1 is 1.07 bits per heavy atom. The van der Waals surface area contributed by atoms with Gasteiger partial charge in [-0.25, -0.2) is 8.42 Å². The monoisotopic (exact) mass is 644 g/mol. The van der Waals surface area contributed by atoms with Crippen LogP contribution in [0.1, 0.15) is 37.8 Å². The third-order valence-corrected chi connectivity index (χ3v) is 9.34. The van der Waals surface area contributed by atoms with Crippen LogP contribution in [0.3, 0.4) is 0 Å². The molecule has 1 fully saturated rings. The predicted octanol–water partition coefficient (Wildman–Crippen LogP) is 6.43. The van der Waals surface area contributed by atoms with Gasteiger partial charge in [0.05, 0.1) is 17.4 Å². The van der Waals surface area contributed by atoms with Gasteiger partial charge in [0.15, 0.2) is 0 Å². The zero-order chi connectivity index (χ0) is 30.9. The number of hydrogen-bond acceptors (Lipinski definition) is 5. The maximum absolute atomic E-state index is 13.6. The molecule has 3 aromatic carbocycles. The molecule has 0 aromatic heterocycles. The van der Waals surface area contributed by atoms with E-state index in [2.05, 4.69) is 10.1 Å². The van der Waals surface area contributed by atoms with Crippen molar-refractivity contribution in [2.75, 3.05) is 6.54 Å². The van der Waals surface area contributed by atoms with Crippen LogP contribution in [0.25, 0.3) is 11.1 Å². The fraction of sp³-hybridized carbons (Fsp3) is 0.286. The summed E-state index contributed by atoms with van der Waals surface area (Å²) < 4.78 is 70.8. The van der Waals surface area contributed by atoms with Crippen LogP contribution in [-0.4, -0.2) is 48.2 Å². The molecule has 1 aliphatic heterocycles. The number of halogens is 5. The van der Waals surface area contributed by atoms with Crippen LogP contribution in [0.2, 0.25) is 10.0 Å². The Hall–Kier alpha value is -3.32. The molecule has 4 rings (SSSR count). The molecule has 2 N–H and O–H groups in total. The number of amides is 1. The summed E-state index contributed by atoms with van der Waals surface area (Å²) in [5.41, 5.74) is -0.695. The smallest absolute Gasteiger partial charge is 0.481 e. The zero-order valence-electron chi connectivity index (χ0n) is 22.0. The summed E-state index contributed by atoms with van der Waals surface area (Å²) in [6.45, 7) is 1.49. The number of aliphatic carboxylic acids is 1. The van der Waals surface area contributed by atoms with Gasteiger partial charge in [0.1, 0.15) is 11.3 Å². The standard InChI is InChI=1S/C28H25Cl2F3N2O6S/c1-27(11-4-12-35(27)42(39,40)21-14-19(29)13-20(30)15-21)26(38)34-23(16-25(36)37)18-9-7-17(8-10-18)22-5-2-3-6-24(22)41-28(31,32)33/h2-3,5-10,13-15,23H,4,11-12,16H2,1H3,(H,34,38)(H,36,37)/t23-,27+/m1/s1. The highest BCUT2D eigenvalue weighted by molar-refractivity contribution is 7.89. The average Bonchev–Trinajstić information content (AvgIpc) is 3.31. The lowest BCUT2D eigenvalue weighted by Gasteiger charge is -2.34. The number of ether oxygens (including phenoxy) is 1. The molecule has 0 unspecified atom stereocenters. The summed E-state index contributed by atoms with van der Waals surface area (Å²) in [6.07, 6.45) is -4.90. The van der Waals surface area contributed by atoms with E-state index in [-0.39, 0.29) is 33.5 Å². The van der Waals surface area contributed by atoms with Crippen LogP contribution in [0.4, 0.5) is 13.2 Å². The molecule has 1 amide bonds. The predicted molar refractivity (Wildman–Crippen MR) is 150 cm³/mol. The van der Waals surface area contributed by atoms with Crippen molar-refractivity contribution in [1.82, 2.24) is 9.62 Å². The van der Waals surface area contributed by atoms with E-state index in [1.54, 1.807) is 6.07 Å². The molecule has 0 bridgehead atoms. The maximum atomic E-state index is 13.6. The van der Waals surface area contributed by atoms with Gasteiger partial charge in [-0.3, -0.25) is 9.59 Å². The van der Waals surface area contributed by atoms with Gasteiger partial charge in [-0.15, -0.1) is 13.2 Å². The largest absolute Gasteiger partial charge is 0.573 e. The number of para-hydroxylation sites is 1. The molecule has 224 valence electrons. The second kappa shape index (κ2) is 12.1. The van der Waals surface area contributed by atoms with Crippen LogP contribution < -0.4 is 10.1 Å². The Bertz CT molecular complexity index is 1580. The van der Waals surface area contributed by atoms with Crippen molar-refractivity contribution < 1.29 is 41.0 Å². The minimum Gasteiger partial charge on any atom is -0.481 e. The number of benzene rings is 3. The molecule has 0 saturated carbocycles. The third kappa shape index (κ3) is 7.00. The van der Waals surface area contributed by atoms with Gasteiger partial charge in [-0.05, 0) is 55.2 Å². The molecule has 42 heavy (non-hydrogen) atoms. The van der Waals surface area contributed by atoms with Crippen LogP contribution >= 0.6 is 23.2 Å². The topological polar surface area (TPSA) is 113 Å². The van der Waals surface area contributed by atoms with E-state index in [0.717, 1.165) is 4.31 Å². The maximum Gasteiger partial charge on any atom is 0.573 e. The lowest BCUT2D eigenvalue weighted by atomic mass is 9.95. The molecule has 1 saturated heterocycles. The molecule has 3 aromatic rings. The number of hydrogen-bond donors (Lipinski definition) is 2. The van der Waals surface area contributed by atoms with Crippen molar-refractivity contribution in [3.63, 3.8) is 0 Å². The fourth-order valence-electron chi connectivity index (χ4n) is 4.91. The number of alkyl halides is 3. The molecule has 1 aliphatic rings. The SMILES string of the molecule is C[C@@]1(C(=O)N[C@H](CC(=O)O)c2ccc(-c3ccccc3OC(F)(F)F)cc2)CCCN1S(=O)(=O)c1cc(Cl)cc(Cl)c1. The van der Waals surface area contributed by atoms with Gasteiger partial charge in [0.2, 0.25) is 15.9 Å².